The molecule has 1 aliphatic rings. The molecule has 0 atom stereocenters. The van der Waals surface area contributed by atoms with Crippen molar-refractivity contribution in [1.29, 1.82) is 0 Å². The van der Waals surface area contributed by atoms with Gasteiger partial charge in [0.1, 0.15) is 0 Å². The number of nitrogens with zero attached hydrogens (tertiary/aromatic N) is 1. The van der Waals surface area contributed by atoms with Crippen molar-refractivity contribution in [3.05, 3.63) is 58.9 Å². The van der Waals surface area contributed by atoms with Gasteiger partial charge in [-0.3, -0.25) is 4.79 Å². The molecule has 4 nitrogen and oxygen atoms in total. The number of carbonyl (C=O) groups excluding carboxylic acids is 1. The molecule has 1 saturated carbocycles. The summed E-state index contributed by atoms with van der Waals surface area (Å²) in [7, 11) is 0. The quantitative estimate of drug-likeness (QED) is 0.489. The molecule has 2 aromatic carbocycles. The zero-order valence-electron chi connectivity index (χ0n) is 15.5. The predicted octanol–water partition coefficient (Wildman–Crippen LogP) is 6.73. The highest BCUT2D eigenvalue weighted by molar-refractivity contribution is 7.14. The Morgan fingerprint density at radius 3 is 2.61 bits per heavy atom. The van der Waals surface area contributed by atoms with Crippen molar-refractivity contribution < 1.29 is 4.79 Å². The van der Waals surface area contributed by atoms with Crippen molar-refractivity contribution in [2.75, 3.05) is 10.6 Å². The highest BCUT2D eigenvalue weighted by Gasteiger charge is 2.21. The molecule has 1 amide bonds. The Kier molecular flexibility index (Phi) is 5.93. The molecular formula is C22H22ClN3OS. The molecular weight excluding hydrogens is 390 g/mol. The molecule has 3 aromatic rings. The van der Waals surface area contributed by atoms with Crippen molar-refractivity contribution in [3.8, 4) is 11.3 Å². The minimum atomic E-state index is 0.139. The number of halogens is 1. The van der Waals surface area contributed by atoms with Gasteiger partial charge in [0.05, 0.1) is 5.69 Å². The van der Waals surface area contributed by atoms with Gasteiger partial charge in [0.2, 0.25) is 5.91 Å². The van der Waals surface area contributed by atoms with Gasteiger partial charge < -0.3 is 10.6 Å². The van der Waals surface area contributed by atoms with E-state index in [4.69, 9.17) is 11.6 Å². The van der Waals surface area contributed by atoms with Gasteiger partial charge in [0.15, 0.2) is 5.13 Å². The summed E-state index contributed by atoms with van der Waals surface area (Å²) in [5.41, 5.74) is 3.64. The number of benzene rings is 2. The SMILES string of the molecule is O=C(Nc1cccc(-c2csc(Nc3ccc(Cl)cc3)n2)c1)C1CCCCC1. The van der Waals surface area contributed by atoms with Crippen molar-refractivity contribution in [2.45, 2.75) is 32.1 Å². The molecule has 0 bridgehead atoms. The zero-order valence-corrected chi connectivity index (χ0v) is 17.0. The molecule has 1 aromatic heterocycles. The summed E-state index contributed by atoms with van der Waals surface area (Å²) in [6.07, 6.45) is 5.55. The lowest BCUT2D eigenvalue weighted by Crippen LogP contribution is -2.24. The minimum Gasteiger partial charge on any atom is -0.332 e. The Hall–Kier alpha value is -2.37. The van der Waals surface area contributed by atoms with Gasteiger partial charge >= 0.3 is 0 Å². The fourth-order valence-corrected chi connectivity index (χ4v) is 4.35. The van der Waals surface area contributed by atoms with Crippen molar-refractivity contribution in [1.82, 2.24) is 4.98 Å². The maximum atomic E-state index is 12.5. The first-order valence-electron chi connectivity index (χ1n) is 9.57. The summed E-state index contributed by atoms with van der Waals surface area (Å²) in [4.78, 5) is 17.2. The topological polar surface area (TPSA) is 54.0 Å². The van der Waals surface area contributed by atoms with Gasteiger partial charge in [0.25, 0.3) is 0 Å². The Morgan fingerprint density at radius 2 is 1.82 bits per heavy atom. The van der Waals surface area contributed by atoms with E-state index < -0.39 is 0 Å². The third-order valence-corrected chi connectivity index (χ3v) is 6.01. The number of nitrogens with one attached hydrogen (secondary N) is 2. The van der Waals surface area contributed by atoms with Crippen LogP contribution in [-0.2, 0) is 4.79 Å². The lowest BCUT2D eigenvalue weighted by molar-refractivity contribution is -0.120. The number of hydrogen-bond donors (Lipinski definition) is 2. The van der Waals surface area contributed by atoms with Crippen LogP contribution in [0.3, 0.4) is 0 Å². The monoisotopic (exact) mass is 411 g/mol. The zero-order chi connectivity index (χ0) is 19.3. The molecule has 1 heterocycles. The largest absolute Gasteiger partial charge is 0.332 e. The van der Waals surface area contributed by atoms with Crippen LogP contribution in [-0.4, -0.2) is 10.9 Å². The fourth-order valence-electron chi connectivity index (χ4n) is 3.49. The summed E-state index contributed by atoms with van der Waals surface area (Å²) in [5.74, 6) is 0.284. The Bertz CT molecular complexity index is 948. The summed E-state index contributed by atoms with van der Waals surface area (Å²) in [6, 6.07) is 15.4. The first-order chi connectivity index (χ1) is 13.7. The normalized spacial score (nSPS) is 14.6. The minimum absolute atomic E-state index is 0.139. The highest BCUT2D eigenvalue weighted by Crippen LogP contribution is 2.30. The average molecular weight is 412 g/mol. The molecule has 0 unspecified atom stereocenters. The van der Waals surface area contributed by atoms with Crippen molar-refractivity contribution in [3.63, 3.8) is 0 Å². The van der Waals surface area contributed by atoms with Crippen LogP contribution < -0.4 is 10.6 Å². The van der Waals surface area contributed by atoms with E-state index in [1.807, 2.05) is 53.9 Å². The lowest BCUT2D eigenvalue weighted by atomic mass is 9.88. The summed E-state index contributed by atoms with van der Waals surface area (Å²) in [5, 5.41) is 9.91. The van der Waals surface area contributed by atoms with Gasteiger partial charge in [-0.05, 0) is 49.2 Å². The van der Waals surface area contributed by atoms with E-state index in [1.165, 1.54) is 6.42 Å². The third kappa shape index (κ3) is 4.72. The van der Waals surface area contributed by atoms with Crippen LogP contribution in [0.4, 0.5) is 16.5 Å². The van der Waals surface area contributed by atoms with Crippen LogP contribution in [0.2, 0.25) is 5.02 Å². The van der Waals surface area contributed by atoms with E-state index in [9.17, 15) is 4.79 Å². The standard InChI is InChI=1S/C22H22ClN3OS/c23-17-9-11-18(12-10-17)25-22-26-20(14-28-22)16-7-4-8-19(13-16)24-21(27)15-5-2-1-3-6-15/h4,7-15H,1-3,5-6H2,(H,24,27)(H,25,26). The Morgan fingerprint density at radius 1 is 1.04 bits per heavy atom. The van der Waals surface area contributed by atoms with Crippen LogP contribution in [0.15, 0.2) is 53.9 Å². The average Bonchev–Trinajstić information content (AvgIpc) is 3.19. The first-order valence-corrected chi connectivity index (χ1v) is 10.8. The first kappa shape index (κ1) is 19.0. The second kappa shape index (κ2) is 8.76. The van der Waals surface area contributed by atoms with E-state index in [0.717, 1.165) is 53.4 Å². The van der Waals surface area contributed by atoms with Gasteiger partial charge in [0, 0.05) is 33.3 Å². The van der Waals surface area contributed by atoms with E-state index >= 15 is 0 Å². The van der Waals surface area contributed by atoms with Gasteiger partial charge in [-0.1, -0.05) is 43.0 Å². The van der Waals surface area contributed by atoms with E-state index in [1.54, 1.807) is 11.3 Å². The third-order valence-electron chi connectivity index (χ3n) is 5.00. The van der Waals surface area contributed by atoms with Crippen LogP contribution in [0.25, 0.3) is 11.3 Å². The molecule has 2 N–H and O–H groups in total. The summed E-state index contributed by atoms with van der Waals surface area (Å²) in [6.45, 7) is 0. The Labute approximate surface area is 174 Å². The number of amides is 1. The maximum Gasteiger partial charge on any atom is 0.227 e. The smallest absolute Gasteiger partial charge is 0.227 e. The van der Waals surface area contributed by atoms with Crippen LogP contribution in [0, 0.1) is 5.92 Å². The van der Waals surface area contributed by atoms with Gasteiger partial charge in [-0.2, -0.15) is 0 Å². The van der Waals surface area contributed by atoms with E-state index in [2.05, 4.69) is 15.6 Å². The van der Waals surface area contributed by atoms with Gasteiger partial charge in [-0.15, -0.1) is 11.3 Å². The second-order valence-corrected chi connectivity index (χ2v) is 8.37. The molecule has 0 spiro atoms. The number of anilines is 3. The molecule has 1 aliphatic carbocycles. The second-order valence-electron chi connectivity index (χ2n) is 7.07. The molecule has 28 heavy (non-hydrogen) atoms. The highest BCUT2D eigenvalue weighted by atomic mass is 35.5. The van der Waals surface area contributed by atoms with E-state index in [0.29, 0.717) is 5.02 Å². The number of hydrogen-bond acceptors (Lipinski definition) is 4. The molecule has 144 valence electrons. The number of rotatable bonds is 5. The number of thiazole rings is 1. The predicted molar refractivity (Wildman–Crippen MR) is 117 cm³/mol. The van der Waals surface area contributed by atoms with Crippen molar-refractivity contribution >= 4 is 45.4 Å². The van der Waals surface area contributed by atoms with Gasteiger partial charge in [-0.25, -0.2) is 4.98 Å². The molecule has 0 aliphatic heterocycles. The van der Waals surface area contributed by atoms with E-state index in [-0.39, 0.29) is 11.8 Å². The fraction of sp³-hybridized carbons (Fsp3) is 0.273. The summed E-state index contributed by atoms with van der Waals surface area (Å²) < 4.78 is 0. The molecule has 0 radical (unpaired) electrons. The maximum absolute atomic E-state index is 12.5. The van der Waals surface area contributed by atoms with Crippen molar-refractivity contribution in [2.24, 2.45) is 5.92 Å². The molecule has 0 saturated heterocycles. The van der Waals surface area contributed by atoms with Crippen LogP contribution in [0.5, 0.6) is 0 Å². The van der Waals surface area contributed by atoms with Crippen LogP contribution in [0.1, 0.15) is 32.1 Å². The molecule has 1 fully saturated rings. The Balaban J connectivity index is 1.44. The van der Waals surface area contributed by atoms with Crippen LogP contribution >= 0.6 is 22.9 Å². The lowest BCUT2D eigenvalue weighted by Gasteiger charge is -2.20. The number of carbonyl (C=O) groups is 1. The summed E-state index contributed by atoms with van der Waals surface area (Å²) >= 11 is 7.47. The molecule has 6 heteroatoms. The molecule has 4 rings (SSSR count). The number of aromatic nitrogens is 1.